The summed E-state index contributed by atoms with van der Waals surface area (Å²) in [5.74, 6) is -0.860. The van der Waals surface area contributed by atoms with E-state index in [1.165, 1.54) is 231 Å². The Morgan fingerprint density at radius 1 is 0.288 bits per heavy atom. The quantitative estimate of drug-likeness (QED) is 0.0262. The second-order valence-corrected chi connectivity index (χ2v) is 20.3. The fourth-order valence-corrected chi connectivity index (χ4v) is 9.02. The average molecular weight is 932 g/mol. The Hall–Kier alpha value is -1.85. The number of hydrogen-bond donors (Lipinski definition) is 0. The third-order valence-electron chi connectivity index (χ3n) is 13.5. The van der Waals surface area contributed by atoms with Crippen LogP contribution in [0, 0.1) is 0 Å². The molecule has 0 aliphatic carbocycles. The van der Waals surface area contributed by atoms with Gasteiger partial charge in [0.2, 0.25) is 0 Å². The monoisotopic (exact) mass is 931 g/mol. The molecule has 0 aromatic rings. The highest BCUT2D eigenvalue weighted by Crippen LogP contribution is 2.18. The predicted octanol–water partition coefficient (Wildman–Crippen LogP) is 19.7. The topological polar surface area (TPSA) is 78.9 Å². The van der Waals surface area contributed by atoms with Crippen molar-refractivity contribution in [1.29, 1.82) is 0 Å². The van der Waals surface area contributed by atoms with Crippen LogP contribution in [0.4, 0.5) is 0 Å². The molecular weight excluding hydrogens is 817 g/mol. The maximum absolute atomic E-state index is 12.8. The van der Waals surface area contributed by atoms with Gasteiger partial charge in [-0.2, -0.15) is 0 Å². The maximum Gasteiger partial charge on any atom is 0.306 e. The highest BCUT2D eigenvalue weighted by molar-refractivity contribution is 5.71. The normalized spacial score (nSPS) is 12.0. The van der Waals surface area contributed by atoms with Gasteiger partial charge in [0.25, 0.3) is 0 Å². The Kier molecular flexibility index (Phi) is 54.2. The van der Waals surface area contributed by atoms with Crippen LogP contribution in [0.3, 0.4) is 0 Å². The third kappa shape index (κ3) is 53.1. The molecule has 66 heavy (non-hydrogen) atoms. The molecule has 0 N–H and O–H groups in total. The Morgan fingerprint density at radius 3 is 0.803 bits per heavy atom. The molecule has 0 heterocycles. The minimum Gasteiger partial charge on any atom is -0.462 e. The Morgan fingerprint density at radius 2 is 0.515 bits per heavy atom. The van der Waals surface area contributed by atoms with E-state index in [1.807, 2.05) is 0 Å². The Labute approximate surface area is 411 Å². The number of carbonyl (C=O) groups excluding carboxylic acids is 3. The Balaban J connectivity index is 4.05. The van der Waals surface area contributed by atoms with Crippen LogP contribution in [0.1, 0.15) is 335 Å². The largest absolute Gasteiger partial charge is 0.462 e. The lowest BCUT2D eigenvalue weighted by atomic mass is 10.0. The first-order valence-corrected chi connectivity index (χ1v) is 29.7. The first-order valence-electron chi connectivity index (χ1n) is 29.7. The van der Waals surface area contributed by atoms with Crippen molar-refractivity contribution in [1.82, 2.24) is 0 Å². The molecule has 390 valence electrons. The minimum atomic E-state index is -0.767. The van der Waals surface area contributed by atoms with Crippen LogP contribution in [0.5, 0.6) is 0 Å². The summed E-state index contributed by atoms with van der Waals surface area (Å²) in [5, 5.41) is 0. The number of allylic oxidation sites excluding steroid dienone is 2. The molecule has 0 fully saturated rings. The first kappa shape index (κ1) is 64.2. The van der Waals surface area contributed by atoms with Crippen LogP contribution in [-0.2, 0) is 28.6 Å². The van der Waals surface area contributed by atoms with Gasteiger partial charge in [-0.05, 0) is 38.5 Å². The van der Waals surface area contributed by atoms with E-state index < -0.39 is 6.10 Å². The summed E-state index contributed by atoms with van der Waals surface area (Å²) < 4.78 is 16.8. The minimum absolute atomic E-state index is 0.0681. The summed E-state index contributed by atoms with van der Waals surface area (Å²) in [6, 6.07) is 0. The summed E-state index contributed by atoms with van der Waals surface area (Å²) in [6.07, 6.45) is 63.8. The molecule has 6 heteroatoms. The lowest BCUT2D eigenvalue weighted by Gasteiger charge is -2.18. The van der Waals surface area contributed by atoms with Gasteiger partial charge in [-0.3, -0.25) is 14.4 Å². The van der Waals surface area contributed by atoms with Crippen molar-refractivity contribution in [2.24, 2.45) is 0 Å². The van der Waals surface area contributed by atoms with Gasteiger partial charge in [0, 0.05) is 19.3 Å². The summed E-state index contributed by atoms with van der Waals surface area (Å²) >= 11 is 0. The van der Waals surface area contributed by atoms with Crippen LogP contribution < -0.4 is 0 Å². The molecule has 0 saturated carbocycles. The molecule has 0 bridgehead atoms. The molecule has 0 rings (SSSR count). The molecular formula is C60H114O6. The van der Waals surface area contributed by atoms with Gasteiger partial charge in [0.1, 0.15) is 13.2 Å². The van der Waals surface area contributed by atoms with E-state index in [9.17, 15) is 14.4 Å². The number of unbranched alkanes of at least 4 members (excludes halogenated alkanes) is 42. The number of esters is 3. The van der Waals surface area contributed by atoms with Crippen molar-refractivity contribution in [3.8, 4) is 0 Å². The Bertz CT molecular complexity index is 1020. The molecule has 0 saturated heterocycles. The van der Waals surface area contributed by atoms with Gasteiger partial charge in [-0.1, -0.05) is 290 Å². The number of rotatable bonds is 55. The summed E-state index contributed by atoms with van der Waals surface area (Å²) in [6.45, 7) is 6.63. The molecule has 0 radical (unpaired) electrons. The van der Waals surface area contributed by atoms with E-state index in [-0.39, 0.29) is 31.1 Å². The SMILES string of the molecule is CCCC/C=C\CCCCCCCC(=O)OC(COC(=O)CCCCCCCCCCCC)COC(=O)CCCCCCCCCCCCCCCCCCCCCCCCCCCCC. The molecule has 0 aliphatic rings. The second-order valence-electron chi connectivity index (χ2n) is 20.3. The van der Waals surface area contributed by atoms with Crippen LogP contribution in [0.2, 0.25) is 0 Å². The number of carbonyl (C=O) groups is 3. The summed E-state index contributed by atoms with van der Waals surface area (Å²) in [5.41, 5.74) is 0. The maximum atomic E-state index is 12.8. The van der Waals surface area contributed by atoms with Gasteiger partial charge in [0.15, 0.2) is 6.10 Å². The van der Waals surface area contributed by atoms with Gasteiger partial charge >= 0.3 is 17.9 Å². The van der Waals surface area contributed by atoms with Crippen molar-refractivity contribution in [2.75, 3.05) is 13.2 Å². The zero-order valence-electron chi connectivity index (χ0n) is 44.7. The van der Waals surface area contributed by atoms with Gasteiger partial charge in [0.05, 0.1) is 0 Å². The van der Waals surface area contributed by atoms with Crippen molar-refractivity contribution >= 4 is 17.9 Å². The van der Waals surface area contributed by atoms with Crippen LogP contribution in [-0.4, -0.2) is 37.2 Å². The summed E-state index contributed by atoms with van der Waals surface area (Å²) in [4.78, 5) is 38.0. The van der Waals surface area contributed by atoms with E-state index in [0.29, 0.717) is 19.3 Å². The molecule has 1 unspecified atom stereocenters. The highest BCUT2D eigenvalue weighted by Gasteiger charge is 2.19. The fraction of sp³-hybridized carbons (Fsp3) is 0.917. The van der Waals surface area contributed by atoms with Gasteiger partial charge < -0.3 is 14.2 Å². The molecule has 6 nitrogen and oxygen atoms in total. The average Bonchev–Trinajstić information content (AvgIpc) is 3.31. The molecule has 0 aromatic carbocycles. The first-order chi connectivity index (χ1) is 32.5. The molecule has 0 aromatic heterocycles. The van der Waals surface area contributed by atoms with Crippen LogP contribution in [0.25, 0.3) is 0 Å². The second kappa shape index (κ2) is 55.7. The fourth-order valence-electron chi connectivity index (χ4n) is 9.02. The highest BCUT2D eigenvalue weighted by atomic mass is 16.6. The molecule has 1 atom stereocenters. The lowest BCUT2D eigenvalue weighted by Crippen LogP contribution is -2.30. The van der Waals surface area contributed by atoms with E-state index >= 15 is 0 Å². The third-order valence-corrected chi connectivity index (χ3v) is 13.5. The van der Waals surface area contributed by atoms with Crippen LogP contribution in [0.15, 0.2) is 12.2 Å². The summed E-state index contributed by atoms with van der Waals surface area (Å²) in [7, 11) is 0. The smallest absolute Gasteiger partial charge is 0.306 e. The van der Waals surface area contributed by atoms with Crippen LogP contribution >= 0.6 is 0 Å². The van der Waals surface area contributed by atoms with E-state index in [4.69, 9.17) is 14.2 Å². The number of hydrogen-bond acceptors (Lipinski definition) is 6. The zero-order chi connectivity index (χ0) is 47.9. The van der Waals surface area contributed by atoms with E-state index in [1.54, 1.807) is 0 Å². The van der Waals surface area contributed by atoms with E-state index in [2.05, 4.69) is 32.9 Å². The van der Waals surface area contributed by atoms with Crippen molar-refractivity contribution in [3.63, 3.8) is 0 Å². The molecule has 0 spiro atoms. The van der Waals surface area contributed by atoms with Crippen molar-refractivity contribution < 1.29 is 28.6 Å². The standard InChI is InChI=1S/C60H114O6/c1-4-7-10-13-16-19-22-23-24-25-26-27-28-29-30-31-32-33-34-35-36-37-39-41-44-47-50-53-59(62)65-56-57(55-64-58(61)52-49-46-43-40-21-18-15-12-9-6-3)66-60(63)54-51-48-45-42-38-20-17-14-11-8-5-2/h14,17,57H,4-13,15-16,18-56H2,1-3H3/b17-14-. The van der Waals surface area contributed by atoms with Crippen molar-refractivity contribution in [2.45, 2.75) is 341 Å². The lowest BCUT2D eigenvalue weighted by molar-refractivity contribution is -0.167. The predicted molar refractivity (Wildman–Crippen MR) is 284 cm³/mol. The van der Waals surface area contributed by atoms with E-state index in [0.717, 1.165) is 64.2 Å². The number of ether oxygens (including phenoxy) is 3. The van der Waals surface area contributed by atoms with Gasteiger partial charge in [-0.15, -0.1) is 0 Å². The van der Waals surface area contributed by atoms with Crippen molar-refractivity contribution in [3.05, 3.63) is 12.2 Å². The molecule has 0 aliphatic heterocycles. The van der Waals surface area contributed by atoms with Gasteiger partial charge in [-0.25, -0.2) is 0 Å². The zero-order valence-corrected chi connectivity index (χ0v) is 44.7. The molecule has 0 amide bonds.